The lowest BCUT2D eigenvalue weighted by Crippen LogP contribution is -2.37. The molecule has 1 amide bonds. The number of fused-ring (bicyclic) bond motifs is 1. The molecule has 0 radical (unpaired) electrons. The second-order valence-electron chi connectivity index (χ2n) is 9.15. The molecule has 2 aliphatic heterocycles. The Balaban J connectivity index is 1.42. The molecule has 0 fully saturated rings. The lowest BCUT2D eigenvalue weighted by Gasteiger charge is -2.22. The van der Waals surface area contributed by atoms with Crippen LogP contribution in [0.2, 0.25) is 0 Å². The zero-order chi connectivity index (χ0) is 24.6. The van der Waals surface area contributed by atoms with Gasteiger partial charge in [0, 0.05) is 36.3 Å². The summed E-state index contributed by atoms with van der Waals surface area (Å²) in [4.78, 5) is 22.2. The highest BCUT2D eigenvalue weighted by molar-refractivity contribution is 7.15. The zero-order valence-electron chi connectivity index (χ0n) is 20.1. The highest BCUT2D eigenvalue weighted by Crippen LogP contribution is 2.45. The monoisotopic (exact) mass is 487 g/mol. The third-order valence-corrected chi connectivity index (χ3v) is 8.10. The molecule has 0 aliphatic carbocycles. The molecule has 9 heteroatoms. The first-order valence-electron chi connectivity index (χ1n) is 11.7. The van der Waals surface area contributed by atoms with E-state index < -0.39 is 5.54 Å². The van der Waals surface area contributed by atoms with Crippen molar-refractivity contribution in [3.8, 4) is 10.4 Å². The first-order chi connectivity index (χ1) is 16.9. The molecular weight excluding hydrogens is 458 g/mol. The zero-order valence-corrected chi connectivity index (χ0v) is 20.9. The fourth-order valence-corrected chi connectivity index (χ4v) is 5.64. The molecule has 180 valence electrons. The summed E-state index contributed by atoms with van der Waals surface area (Å²) in [6.07, 6.45) is 6.85. The first kappa shape index (κ1) is 23.2. The van der Waals surface area contributed by atoms with Crippen LogP contribution in [0.3, 0.4) is 0 Å². The van der Waals surface area contributed by atoms with E-state index in [1.54, 1.807) is 23.7 Å². The van der Waals surface area contributed by atoms with Crippen molar-refractivity contribution in [1.29, 1.82) is 0 Å². The maximum absolute atomic E-state index is 11.7. The van der Waals surface area contributed by atoms with Crippen LogP contribution in [0.4, 0.5) is 5.69 Å². The topological polar surface area (TPSA) is 103 Å². The molecule has 2 atom stereocenters. The summed E-state index contributed by atoms with van der Waals surface area (Å²) in [6.45, 7) is 11.4. The van der Waals surface area contributed by atoms with E-state index in [-0.39, 0.29) is 11.8 Å². The molecule has 4 heterocycles. The molecule has 0 saturated heterocycles. The van der Waals surface area contributed by atoms with Gasteiger partial charge in [-0.05, 0) is 50.8 Å². The third kappa shape index (κ3) is 4.21. The van der Waals surface area contributed by atoms with Gasteiger partial charge in [0.25, 0.3) is 0 Å². The number of nitrogens with zero attached hydrogens (tertiary/aromatic N) is 3. The number of anilines is 1. The predicted octanol–water partition coefficient (Wildman–Crippen LogP) is 4.09. The van der Waals surface area contributed by atoms with E-state index >= 15 is 0 Å². The molecule has 4 N–H and O–H groups in total. The number of hydrazone groups is 1. The number of hydrogen-bond donors (Lipinski definition) is 4. The predicted molar refractivity (Wildman–Crippen MR) is 141 cm³/mol. The summed E-state index contributed by atoms with van der Waals surface area (Å²) in [5, 5.41) is 8.20. The number of carbonyl (C=O) groups is 1. The number of rotatable bonds is 8. The SMILES string of the molecule is C=C(NCCCC1C=NNC1=O)c1nc(C2(C)NNc3c2ccc(C)c3C)sc1-c1cccnc1. The van der Waals surface area contributed by atoms with Crippen molar-refractivity contribution in [3.63, 3.8) is 0 Å². The molecule has 2 aromatic heterocycles. The fraction of sp³-hybridized carbons (Fsp3) is 0.308. The highest BCUT2D eigenvalue weighted by Gasteiger charge is 2.40. The van der Waals surface area contributed by atoms with Crippen molar-refractivity contribution in [1.82, 2.24) is 26.1 Å². The van der Waals surface area contributed by atoms with Crippen LogP contribution in [-0.2, 0) is 10.3 Å². The van der Waals surface area contributed by atoms with E-state index in [9.17, 15) is 4.79 Å². The summed E-state index contributed by atoms with van der Waals surface area (Å²) in [6, 6.07) is 8.31. The van der Waals surface area contributed by atoms with Gasteiger partial charge in [0.05, 0.1) is 22.2 Å². The molecule has 3 aromatic rings. The molecule has 35 heavy (non-hydrogen) atoms. The van der Waals surface area contributed by atoms with Crippen molar-refractivity contribution in [2.45, 2.75) is 39.2 Å². The maximum atomic E-state index is 11.7. The summed E-state index contributed by atoms with van der Waals surface area (Å²) in [5.41, 5.74) is 16.2. The Morgan fingerprint density at radius 3 is 2.89 bits per heavy atom. The number of hydrazine groups is 1. The summed E-state index contributed by atoms with van der Waals surface area (Å²) in [5.74, 6) is -0.196. The Kier molecular flexibility index (Phi) is 6.12. The van der Waals surface area contributed by atoms with Gasteiger partial charge in [0.2, 0.25) is 5.91 Å². The summed E-state index contributed by atoms with van der Waals surface area (Å²) < 4.78 is 0. The van der Waals surface area contributed by atoms with Gasteiger partial charge < -0.3 is 10.7 Å². The van der Waals surface area contributed by atoms with E-state index in [2.05, 4.69) is 71.2 Å². The number of aromatic nitrogens is 2. The van der Waals surface area contributed by atoms with Crippen LogP contribution in [-0.4, -0.2) is 28.6 Å². The van der Waals surface area contributed by atoms with Crippen molar-refractivity contribution >= 4 is 34.8 Å². The van der Waals surface area contributed by atoms with Crippen LogP contribution in [0.5, 0.6) is 0 Å². The molecule has 2 aliphatic rings. The summed E-state index contributed by atoms with van der Waals surface area (Å²) >= 11 is 1.65. The van der Waals surface area contributed by atoms with Crippen LogP contribution in [0.25, 0.3) is 16.1 Å². The van der Waals surface area contributed by atoms with Crippen molar-refractivity contribution in [3.05, 3.63) is 70.6 Å². The minimum absolute atomic E-state index is 0.0385. The first-order valence-corrected chi connectivity index (χ1v) is 12.5. The molecule has 2 unspecified atom stereocenters. The van der Waals surface area contributed by atoms with Gasteiger partial charge in [-0.25, -0.2) is 15.8 Å². The van der Waals surface area contributed by atoms with Gasteiger partial charge in [-0.2, -0.15) is 5.10 Å². The van der Waals surface area contributed by atoms with Gasteiger partial charge in [-0.1, -0.05) is 24.8 Å². The average molecular weight is 488 g/mol. The molecule has 0 saturated carbocycles. The average Bonchev–Trinajstić information content (AvgIpc) is 3.58. The Labute approximate surface area is 208 Å². The fourth-order valence-electron chi connectivity index (χ4n) is 4.44. The van der Waals surface area contributed by atoms with Crippen LogP contribution >= 0.6 is 11.3 Å². The number of amides is 1. The highest BCUT2D eigenvalue weighted by atomic mass is 32.1. The van der Waals surface area contributed by atoms with Crippen LogP contribution in [0, 0.1) is 19.8 Å². The van der Waals surface area contributed by atoms with Gasteiger partial charge in [-0.3, -0.25) is 9.78 Å². The molecule has 1 aromatic carbocycles. The normalized spacial score (nSPS) is 20.4. The van der Waals surface area contributed by atoms with E-state index in [1.807, 2.05) is 18.3 Å². The number of benzene rings is 1. The smallest absolute Gasteiger partial charge is 0.248 e. The van der Waals surface area contributed by atoms with Crippen LogP contribution < -0.4 is 21.6 Å². The second kappa shape index (κ2) is 9.24. The number of pyridine rings is 1. The Morgan fingerprint density at radius 1 is 1.29 bits per heavy atom. The van der Waals surface area contributed by atoms with Crippen molar-refractivity contribution in [2.24, 2.45) is 11.0 Å². The molecule has 8 nitrogen and oxygen atoms in total. The standard InChI is InChI=1S/C26H29N7OS/c1-15-9-10-20-21(16(15)2)31-33-26(20,4)25-30-22(23(35-25)18-7-5-11-27-13-18)17(3)28-12-6-8-19-14-29-32-24(19)34/h5,7,9-11,13-14,19,28,31,33H,3,6,8,12H2,1-2,4H3,(H,32,34). The van der Waals surface area contributed by atoms with Crippen LogP contribution in [0.1, 0.15) is 47.2 Å². The Bertz CT molecular complexity index is 1320. The summed E-state index contributed by atoms with van der Waals surface area (Å²) in [7, 11) is 0. The van der Waals surface area contributed by atoms with Crippen molar-refractivity contribution in [2.75, 3.05) is 12.0 Å². The third-order valence-electron chi connectivity index (χ3n) is 6.77. The van der Waals surface area contributed by atoms with E-state index in [1.165, 1.54) is 16.7 Å². The number of thiazole rings is 1. The largest absolute Gasteiger partial charge is 0.384 e. The number of nitrogens with one attached hydrogen (secondary N) is 4. The lowest BCUT2D eigenvalue weighted by molar-refractivity contribution is -0.122. The number of carbonyl (C=O) groups excluding carboxylic acids is 1. The van der Waals surface area contributed by atoms with Gasteiger partial charge in [0.1, 0.15) is 16.2 Å². The Hall–Kier alpha value is -3.56. The number of hydrogen-bond acceptors (Lipinski definition) is 8. The minimum Gasteiger partial charge on any atom is -0.384 e. The van der Waals surface area contributed by atoms with E-state index in [0.717, 1.165) is 45.4 Å². The maximum Gasteiger partial charge on any atom is 0.248 e. The lowest BCUT2D eigenvalue weighted by atomic mass is 9.90. The molecular formula is C26H29N7OS. The Morgan fingerprint density at radius 2 is 2.14 bits per heavy atom. The minimum atomic E-state index is -0.483. The molecule has 0 bridgehead atoms. The van der Waals surface area contributed by atoms with Crippen LogP contribution in [0.15, 0.2) is 48.3 Å². The van der Waals surface area contributed by atoms with Gasteiger partial charge in [0.15, 0.2) is 0 Å². The van der Waals surface area contributed by atoms with E-state index in [4.69, 9.17) is 4.98 Å². The molecule has 5 rings (SSSR count). The van der Waals surface area contributed by atoms with Gasteiger partial charge >= 0.3 is 0 Å². The second-order valence-corrected chi connectivity index (χ2v) is 10.2. The molecule has 0 spiro atoms. The number of aryl methyl sites for hydroxylation is 1. The quantitative estimate of drug-likeness (QED) is 0.357. The van der Waals surface area contributed by atoms with E-state index in [0.29, 0.717) is 6.54 Å². The van der Waals surface area contributed by atoms with Gasteiger partial charge in [-0.15, -0.1) is 11.3 Å². The van der Waals surface area contributed by atoms with Crippen molar-refractivity contribution < 1.29 is 4.79 Å².